The van der Waals surface area contributed by atoms with E-state index in [1.807, 2.05) is 0 Å². The molecule has 1 aliphatic rings. The lowest BCUT2D eigenvalue weighted by Gasteiger charge is -2.17. The number of ether oxygens (including phenoxy) is 1. The van der Waals surface area contributed by atoms with Crippen molar-refractivity contribution in [3.8, 4) is 0 Å². The van der Waals surface area contributed by atoms with E-state index >= 15 is 0 Å². The molecule has 0 aliphatic heterocycles. The van der Waals surface area contributed by atoms with Crippen molar-refractivity contribution in [2.75, 3.05) is 5.73 Å². The largest absolute Gasteiger partial charge is 0.449 e. The Balaban J connectivity index is 1.96. The average Bonchev–Trinajstić information content (AvgIpc) is 2.91. The number of halogens is 1. The van der Waals surface area contributed by atoms with Crippen molar-refractivity contribution in [1.29, 1.82) is 0 Å². The van der Waals surface area contributed by atoms with Gasteiger partial charge in [0, 0.05) is 11.7 Å². The summed E-state index contributed by atoms with van der Waals surface area (Å²) in [6.07, 6.45) is 3.31. The van der Waals surface area contributed by atoms with Gasteiger partial charge in [0.05, 0.1) is 5.02 Å². The van der Waals surface area contributed by atoms with E-state index in [4.69, 9.17) is 22.1 Å². The predicted octanol–water partition coefficient (Wildman–Crippen LogP) is 2.53. The van der Waals surface area contributed by atoms with Gasteiger partial charge in [0.1, 0.15) is 5.56 Å². The van der Waals surface area contributed by atoms with E-state index in [1.54, 1.807) is 18.2 Å². The minimum absolute atomic E-state index is 0.0969. The van der Waals surface area contributed by atoms with E-state index < -0.39 is 12.1 Å². The van der Waals surface area contributed by atoms with Crippen LogP contribution >= 0.6 is 11.6 Å². The van der Waals surface area contributed by atoms with Crippen LogP contribution in [0.5, 0.6) is 0 Å². The van der Waals surface area contributed by atoms with Crippen molar-refractivity contribution in [1.82, 2.24) is 5.32 Å². The van der Waals surface area contributed by atoms with Crippen LogP contribution in [-0.2, 0) is 9.53 Å². The van der Waals surface area contributed by atoms with Crippen LogP contribution in [0.15, 0.2) is 18.2 Å². The van der Waals surface area contributed by atoms with Crippen LogP contribution in [-0.4, -0.2) is 24.0 Å². The first kappa shape index (κ1) is 15.6. The Labute approximate surface area is 128 Å². The lowest BCUT2D eigenvalue weighted by Crippen LogP contribution is -2.40. The number of esters is 1. The molecule has 114 valence electrons. The first-order chi connectivity index (χ1) is 9.99. The fourth-order valence-electron chi connectivity index (χ4n) is 2.42. The van der Waals surface area contributed by atoms with E-state index in [2.05, 4.69) is 5.32 Å². The highest BCUT2D eigenvalue weighted by Gasteiger charge is 2.25. The van der Waals surface area contributed by atoms with Crippen LogP contribution in [0.4, 0.5) is 5.69 Å². The van der Waals surface area contributed by atoms with Crippen LogP contribution in [0.2, 0.25) is 5.02 Å². The highest BCUT2D eigenvalue weighted by atomic mass is 35.5. The summed E-state index contributed by atoms with van der Waals surface area (Å²) in [5.74, 6) is -0.979. The van der Waals surface area contributed by atoms with Gasteiger partial charge in [-0.15, -0.1) is 0 Å². The van der Waals surface area contributed by atoms with Gasteiger partial charge in [-0.1, -0.05) is 30.5 Å². The van der Waals surface area contributed by atoms with Crippen molar-refractivity contribution >= 4 is 29.2 Å². The summed E-state index contributed by atoms with van der Waals surface area (Å²) < 4.78 is 5.15. The molecule has 0 saturated heterocycles. The molecule has 5 nitrogen and oxygen atoms in total. The van der Waals surface area contributed by atoms with Gasteiger partial charge in [0.25, 0.3) is 5.91 Å². The Kier molecular flexibility index (Phi) is 5.07. The predicted molar refractivity (Wildman–Crippen MR) is 81.1 cm³/mol. The normalized spacial score (nSPS) is 16.5. The number of rotatable bonds is 4. The van der Waals surface area contributed by atoms with Gasteiger partial charge in [-0.2, -0.15) is 0 Å². The highest BCUT2D eigenvalue weighted by molar-refractivity contribution is 6.34. The monoisotopic (exact) mass is 310 g/mol. The van der Waals surface area contributed by atoms with E-state index in [9.17, 15) is 9.59 Å². The third-order valence-electron chi connectivity index (χ3n) is 3.60. The number of carbonyl (C=O) groups excluding carboxylic acids is 2. The number of benzene rings is 1. The molecule has 1 aromatic carbocycles. The lowest BCUT2D eigenvalue weighted by molar-refractivity contribution is -0.129. The standard InChI is InChI=1S/C15H19ClN2O3/c1-9(14(19)18-10-5-2-3-6-10)21-15(20)13-11(16)7-4-8-12(13)17/h4,7-10H,2-3,5-6,17H2,1H3,(H,18,19). The molecule has 1 saturated carbocycles. The first-order valence-electron chi connectivity index (χ1n) is 7.04. The van der Waals surface area contributed by atoms with E-state index in [0.29, 0.717) is 0 Å². The molecular formula is C15H19ClN2O3. The molecule has 6 heteroatoms. The second-order valence-electron chi connectivity index (χ2n) is 5.24. The van der Waals surface area contributed by atoms with Crippen LogP contribution < -0.4 is 11.1 Å². The van der Waals surface area contributed by atoms with E-state index in [-0.39, 0.29) is 28.2 Å². The minimum Gasteiger partial charge on any atom is -0.449 e. The third kappa shape index (κ3) is 3.88. The number of anilines is 1. The second-order valence-corrected chi connectivity index (χ2v) is 5.65. The molecule has 0 heterocycles. The Bertz CT molecular complexity index is 521. The van der Waals surface area contributed by atoms with E-state index in [1.165, 1.54) is 6.92 Å². The maximum absolute atomic E-state index is 12.1. The maximum Gasteiger partial charge on any atom is 0.342 e. The van der Waals surface area contributed by atoms with Gasteiger partial charge in [0.15, 0.2) is 6.10 Å². The molecule has 2 rings (SSSR count). The number of nitrogens with one attached hydrogen (secondary N) is 1. The Morgan fingerprint density at radius 3 is 2.67 bits per heavy atom. The van der Waals surface area contributed by atoms with Crippen molar-refractivity contribution in [3.63, 3.8) is 0 Å². The molecule has 1 atom stereocenters. The van der Waals surface area contributed by atoms with Gasteiger partial charge in [-0.05, 0) is 31.9 Å². The quantitative estimate of drug-likeness (QED) is 0.661. The van der Waals surface area contributed by atoms with Gasteiger partial charge in [-0.25, -0.2) is 4.79 Å². The Morgan fingerprint density at radius 1 is 1.38 bits per heavy atom. The number of carbonyl (C=O) groups is 2. The lowest BCUT2D eigenvalue weighted by atomic mass is 10.2. The summed E-state index contributed by atoms with van der Waals surface area (Å²) in [5.41, 5.74) is 6.05. The minimum atomic E-state index is -0.881. The topological polar surface area (TPSA) is 81.4 Å². The molecule has 1 aromatic rings. The van der Waals surface area contributed by atoms with Crippen LogP contribution in [0.1, 0.15) is 43.0 Å². The molecule has 0 aromatic heterocycles. The zero-order valence-corrected chi connectivity index (χ0v) is 12.7. The SMILES string of the molecule is CC(OC(=O)c1c(N)cccc1Cl)C(=O)NC1CCCC1. The fourth-order valence-corrected chi connectivity index (χ4v) is 2.68. The number of hydrogen-bond donors (Lipinski definition) is 2. The first-order valence-corrected chi connectivity index (χ1v) is 7.42. The fraction of sp³-hybridized carbons (Fsp3) is 0.467. The summed E-state index contributed by atoms with van der Waals surface area (Å²) >= 11 is 5.94. The number of nitrogen functional groups attached to an aromatic ring is 1. The van der Waals surface area contributed by atoms with Crippen molar-refractivity contribution in [2.24, 2.45) is 0 Å². The van der Waals surface area contributed by atoms with E-state index in [0.717, 1.165) is 25.7 Å². The van der Waals surface area contributed by atoms with Crippen LogP contribution in [0.25, 0.3) is 0 Å². The molecule has 1 amide bonds. The summed E-state index contributed by atoms with van der Waals surface area (Å²) in [6.45, 7) is 1.54. The zero-order chi connectivity index (χ0) is 15.4. The molecule has 1 fully saturated rings. The second kappa shape index (κ2) is 6.80. The third-order valence-corrected chi connectivity index (χ3v) is 3.92. The number of amides is 1. The highest BCUT2D eigenvalue weighted by Crippen LogP contribution is 2.23. The van der Waals surface area contributed by atoms with Gasteiger partial charge in [-0.3, -0.25) is 4.79 Å². The van der Waals surface area contributed by atoms with Gasteiger partial charge in [0.2, 0.25) is 0 Å². The zero-order valence-electron chi connectivity index (χ0n) is 11.9. The summed E-state index contributed by atoms with van der Waals surface area (Å²) in [7, 11) is 0. The molecule has 1 aliphatic carbocycles. The van der Waals surface area contributed by atoms with Crippen molar-refractivity contribution in [2.45, 2.75) is 44.8 Å². The van der Waals surface area contributed by atoms with Crippen LogP contribution in [0, 0.1) is 0 Å². The molecular weight excluding hydrogens is 292 g/mol. The molecule has 1 unspecified atom stereocenters. The van der Waals surface area contributed by atoms with Crippen molar-refractivity contribution < 1.29 is 14.3 Å². The average molecular weight is 311 g/mol. The van der Waals surface area contributed by atoms with Gasteiger partial charge < -0.3 is 15.8 Å². The van der Waals surface area contributed by atoms with Crippen molar-refractivity contribution in [3.05, 3.63) is 28.8 Å². The number of nitrogens with two attached hydrogens (primary N) is 1. The Morgan fingerprint density at radius 2 is 2.05 bits per heavy atom. The molecule has 0 bridgehead atoms. The molecule has 0 spiro atoms. The smallest absolute Gasteiger partial charge is 0.342 e. The van der Waals surface area contributed by atoms with Gasteiger partial charge >= 0.3 is 5.97 Å². The maximum atomic E-state index is 12.1. The number of hydrogen-bond acceptors (Lipinski definition) is 4. The molecule has 0 radical (unpaired) electrons. The van der Waals surface area contributed by atoms with Crippen LogP contribution in [0.3, 0.4) is 0 Å². The summed E-state index contributed by atoms with van der Waals surface area (Å²) in [5, 5.41) is 3.10. The molecule has 3 N–H and O–H groups in total. The molecule has 21 heavy (non-hydrogen) atoms. The summed E-state index contributed by atoms with van der Waals surface area (Å²) in [4.78, 5) is 24.1. The summed E-state index contributed by atoms with van der Waals surface area (Å²) in [6, 6.07) is 4.94. The Hall–Kier alpha value is -1.75.